The van der Waals surface area contributed by atoms with Crippen molar-refractivity contribution in [1.82, 2.24) is 4.90 Å². The molecule has 1 fully saturated rings. The second-order valence-corrected chi connectivity index (χ2v) is 11.7. The molecule has 0 bridgehead atoms. The maximum Gasteiger partial charge on any atom is 0.309 e. The van der Waals surface area contributed by atoms with E-state index in [0.717, 1.165) is 46.3 Å². The van der Waals surface area contributed by atoms with Gasteiger partial charge < -0.3 is 38.8 Å². The molecule has 252 valence electrons. The first-order valence-corrected chi connectivity index (χ1v) is 15.9. The lowest BCUT2D eigenvalue weighted by Crippen LogP contribution is -2.35. The van der Waals surface area contributed by atoms with Crippen LogP contribution < -0.4 is 24.3 Å². The molecule has 1 amide bonds. The predicted molar refractivity (Wildman–Crippen MR) is 176 cm³/mol. The highest BCUT2D eigenvalue weighted by molar-refractivity contribution is 5.94. The minimum absolute atomic E-state index is 0.00158. The van der Waals surface area contributed by atoms with Crippen LogP contribution in [0.5, 0.6) is 23.0 Å². The van der Waals surface area contributed by atoms with E-state index in [4.69, 9.17) is 28.4 Å². The normalized spacial score (nSPS) is 18.7. The van der Waals surface area contributed by atoms with Gasteiger partial charge >= 0.3 is 5.97 Å². The van der Waals surface area contributed by atoms with Crippen molar-refractivity contribution in [3.63, 3.8) is 0 Å². The summed E-state index contributed by atoms with van der Waals surface area (Å²) in [5, 5.41) is 13.9. The Hall–Kier alpha value is -4.32. The molecule has 0 aromatic heterocycles. The van der Waals surface area contributed by atoms with E-state index < -0.39 is 23.8 Å². The molecule has 11 nitrogen and oxygen atoms in total. The molecule has 1 saturated heterocycles. The molecule has 0 spiro atoms. The third-order valence-corrected chi connectivity index (χ3v) is 8.77. The topological polar surface area (TPSA) is 125 Å². The highest BCUT2D eigenvalue weighted by Crippen LogP contribution is 2.50. The van der Waals surface area contributed by atoms with E-state index in [1.807, 2.05) is 29.2 Å². The van der Waals surface area contributed by atoms with Gasteiger partial charge in [-0.05, 0) is 66.3 Å². The van der Waals surface area contributed by atoms with Gasteiger partial charge in [-0.3, -0.25) is 14.5 Å². The van der Waals surface area contributed by atoms with E-state index >= 15 is 0 Å². The number of benzene rings is 3. The van der Waals surface area contributed by atoms with Gasteiger partial charge in [0.15, 0.2) is 18.3 Å². The number of nitrogens with zero attached hydrogens (tertiary/aromatic N) is 1. The molecular formula is C36H44N2O9. The van der Waals surface area contributed by atoms with Gasteiger partial charge in [-0.25, -0.2) is 0 Å². The molecule has 3 aromatic carbocycles. The summed E-state index contributed by atoms with van der Waals surface area (Å²) in [7, 11) is 3.14. The van der Waals surface area contributed by atoms with Crippen LogP contribution in [0.1, 0.15) is 53.6 Å². The Balaban J connectivity index is 1.46. The number of anilines is 1. The number of fused-ring (bicyclic) bond motifs is 1. The van der Waals surface area contributed by atoms with Crippen molar-refractivity contribution in [3.8, 4) is 23.0 Å². The molecule has 0 radical (unpaired) electrons. The van der Waals surface area contributed by atoms with Crippen LogP contribution in [0.3, 0.4) is 0 Å². The van der Waals surface area contributed by atoms with E-state index in [0.29, 0.717) is 42.8 Å². The lowest BCUT2D eigenvalue weighted by atomic mass is 9.82. The average molecular weight is 649 g/mol. The van der Waals surface area contributed by atoms with Crippen molar-refractivity contribution in [2.45, 2.75) is 45.6 Å². The number of hydrogen-bond donors (Lipinski definition) is 2. The number of likely N-dealkylation sites (tertiary alicyclic amines) is 1. The maximum atomic E-state index is 13.8. The molecule has 11 heteroatoms. The first kappa shape index (κ1) is 34.0. The van der Waals surface area contributed by atoms with Crippen molar-refractivity contribution in [1.29, 1.82) is 0 Å². The van der Waals surface area contributed by atoms with Gasteiger partial charge in [0.25, 0.3) is 0 Å². The van der Waals surface area contributed by atoms with Crippen LogP contribution in [0.15, 0.2) is 48.5 Å². The molecule has 2 heterocycles. The van der Waals surface area contributed by atoms with Crippen LogP contribution in [0.2, 0.25) is 0 Å². The second kappa shape index (κ2) is 15.5. The highest BCUT2D eigenvalue weighted by atomic mass is 16.7. The van der Waals surface area contributed by atoms with Crippen LogP contribution >= 0.6 is 0 Å². The molecule has 0 saturated carbocycles. The molecule has 47 heavy (non-hydrogen) atoms. The second-order valence-electron chi connectivity index (χ2n) is 11.7. The number of ether oxygens (including phenoxy) is 6. The lowest BCUT2D eigenvalue weighted by Gasteiger charge is -2.27. The Kier molecular flexibility index (Phi) is 11.2. The number of methoxy groups -OCH3 is 2. The molecule has 1 unspecified atom stereocenters. The van der Waals surface area contributed by atoms with Crippen LogP contribution in [0, 0.1) is 12.8 Å². The Morgan fingerprint density at radius 1 is 0.979 bits per heavy atom. The van der Waals surface area contributed by atoms with E-state index in [1.165, 1.54) is 7.11 Å². The standard InChI is InChI=1S/C36H44N2O9/c1-6-23-14-22(3)15-24(7-2)33(23)37-31(39)19-38-18-28(26-16-29(43-5)35-30(17-26)46-21-47-35)32(36(40)41)34(38)25-8-10-27(11-9-25)45-20-44-13-12-42-4/h8-11,14-17,28,32,34H,6-7,12-13,18-21H2,1-5H3,(H,37,39)(H,40,41)/t28-,32?,34+/m1/s1. The van der Waals surface area contributed by atoms with Gasteiger partial charge in [-0.15, -0.1) is 0 Å². The third kappa shape index (κ3) is 7.64. The number of nitrogens with one attached hydrogen (secondary N) is 1. The Labute approximate surface area is 275 Å². The number of aryl methyl sites for hydroxylation is 3. The summed E-state index contributed by atoms with van der Waals surface area (Å²) >= 11 is 0. The van der Waals surface area contributed by atoms with Crippen molar-refractivity contribution < 1.29 is 43.1 Å². The van der Waals surface area contributed by atoms with Gasteiger partial charge in [0, 0.05) is 31.3 Å². The molecule has 5 rings (SSSR count). The number of carboxylic acid groups (broad SMARTS) is 1. The average Bonchev–Trinajstić information content (AvgIpc) is 3.70. The summed E-state index contributed by atoms with van der Waals surface area (Å²) < 4.78 is 32.9. The fraction of sp³-hybridized carbons (Fsp3) is 0.444. The zero-order valence-electron chi connectivity index (χ0n) is 27.7. The Morgan fingerprint density at radius 2 is 1.70 bits per heavy atom. The van der Waals surface area contributed by atoms with Gasteiger partial charge in [-0.2, -0.15) is 0 Å². The van der Waals surface area contributed by atoms with Crippen molar-refractivity contribution >= 4 is 17.6 Å². The van der Waals surface area contributed by atoms with Crippen LogP contribution in [0.25, 0.3) is 0 Å². The van der Waals surface area contributed by atoms with Gasteiger partial charge in [0.1, 0.15) is 5.75 Å². The monoisotopic (exact) mass is 648 g/mol. The lowest BCUT2D eigenvalue weighted by molar-refractivity contribution is -0.143. The fourth-order valence-electron chi connectivity index (χ4n) is 6.59. The van der Waals surface area contributed by atoms with Crippen molar-refractivity contribution in [2.75, 3.05) is 59.4 Å². The number of carbonyl (C=O) groups excluding carboxylic acids is 1. The summed E-state index contributed by atoms with van der Waals surface area (Å²) in [4.78, 5) is 28.8. The zero-order valence-corrected chi connectivity index (χ0v) is 27.7. The SMILES string of the molecule is CCc1cc(C)cc(CC)c1NC(=O)CN1C[C@H](c2cc(OC)c3c(c2)OCO3)C(C(=O)O)[C@@H]1c1ccc(OCOCCOC)cc1. The first-order valence-electron chi connectivity index (χ1n) is 15.9. The molecular weight excluding hydrogens is 604 g/mol. The number of carbonyl (C=O) groups is 2. The van der Waals surface area contributed by atoms with E-state index in [-0.39, 0.29) is 26.0 Å². The molecule has 3 atom stereocenters. The van der Waals surface area contributed by atoms with Crippen LogP contribution in [-0.4, -0.2) is 76.0 Å². The maximum absolute atomic E-state index is 13.8. The molecule has 2 aliphatic rings. The van der Waals surface area contributed by atoms with E-state index in [9.17, 15) is 14.7 Å². The number of aliphatic carboxylic acids is 1. The van der Waals surface area contributed by atoms with Gasteiger partial charge in [0.2, 0.25) is 18.4 Å². The Bertz CT molecular complexity index is 1530. The van der Waals surface area contributed by atoms with Crippen LogP contribution in [-0.2, 0) is 31.9 Å². The highest BCUT2D eigenvalue weighted by Gasteiger charge is 2.48. The minimum atomic E-state index is -0.966. The number of hydrogen-bond acceptors (Lipinski definition) is 9. The zero-order chi connectivity index (χ0) is 33.5. The van der Waals surface area contributed by atoms with Gasteiger partial charge in [0.05, 0.1) is 32.8 Å². The minimum Gasteiger partial charge on any atom is -0.493 e. The predicted octanol–water partition coefficient (Wildman–Crippen LogP) is 5.34. The summed E-state index contributed by atoms with van der Waals surface area (Å²) in [6.07, 6.45) is 1.55. The Morgan fingerprint density at radius 3 is 2.34 bits per heavy atom. The van der Waals surface area contributed by atoms with Crippen molar-refractivity contribution in [2.24, 2.45) is 5.92 Å². The fourth-order valence-corrected chi connectivity index (χ4v) is 6.59. The number of carboxylic acids is 1. The molecule has 0 aliphatic carbocycles. The number of rotatable bonds is 15. The van der Waals surface area contributed by atoms with Crippen molar-refractivity contribution in [3.05, 3.63) is 76.3 Å². The summed E-state index contributed by atoms with van der Waals surface area (Å²) in [6.45, 7) is 7.50. The van der Waals surface area contributed by atoms with Gasteiger partial charge in [-0.1, -0.05) is 43.7 Å². The molecule has 2 N–H and O–H groups in total. The summed E-state index contributed by atoms with van der Waals surface area (Å²) in [5.74, 6) is -0.479. The first-order chi connectivity index (χ1) is 22.8. The summed E-state index contributed by atoms with van der Waals surface area (Å²) in [5.41, 5.74) is 5.62. The quantitative estimate of drug-likeness (QED) is 0.165. The smallest absolute Gasteiger partial charge is 0.309 e. The molecule has 2 aliphatic heterocycles. The molecule has 3 aromatic rings. The number of amides is 1. The van der Waals surface area contributed by atoms with Crippen LogP contribution in [0.4, 0.5) is 5.69 Å². The largest absolute Gasteiger partial charge is 0.493 e. The third-order valence-electron chi connectivity index (χ3n) is 8.77. The summed E-state index contributed by atoms with van der Waals surface area (Å²) in [6, 6.07) is 14.5. The van der Waals surface area contributed by atoms with E-state index in [1.54, 1.807) is 19.2 Å². The van der Waals surface area contributed by atoms with E-state index in [2.05, 4.69) is 38.2 Å².